The van der Waals surface area contributed by atoms with Crippen LogP contribution in [0, 0.1) is 12.3 Å². The van der Waals surface area contributed by atoms with Crippen LogP contribution in [0.1, 0.15) is 41.8 Å². The zero-order valence-corrected chi connectivity index (χ0v) is 23.2. The van der Waals surface area contributed by atoms with Crippen molar-refractivity contribution in [2.75, 3.05) is 13.1 Å². The number of aromatic hydroxyl groups is 1. The standard InChI is InChI=1S/C30H31F4N3O5/c1-17-20(10-7-11-22(17)38)25(40)36-21(14-18-8-5-4-6-9-18)23(39)27(42)37-16-29(31,19-12-13-19)28(2,3)24(37)26(41)35-15-30(32,33)34/h4-12,23-24,38-39H,13-16H2,1-3H3,(H,35,41)/t23?,24-,29?/m1/s1. The van der Waals surface area contributed by atoms with Crippen LogP contribution in [-0.2, 0) is 16.0 Å². The van der Waals surface area contributed by atoms with Crippen LogP contribution in [0.4, 0.5) is 17.6 Å². The van der Waals surface area contributed by atoms with Crippen LogP contribution in [0.5, 0.6) is 5.75 Å². The number of amides is 3. The molecule has 4 rings (SSSR count). The highest BCUT2D eigenvalue weighted by Crippen LogP contribution is 2.55. The van der Waals surface area contributed by atoms with Crippen molar-refractivity contribution in [1.82, 2.24) is 10.2 Å². The van der Waals surface area contributed by atoms with Crippen LogP contribution >= 0.6 is 0 Å². The maximum absolute atomic E-state index is 16.4. The van der Waals surface area contributed by atoms with Gasteiger partial charge in [-0.15, -0.1) is 0 Å². The van der Waals surface area contributed by atoms with Gasteiger partial charge in [-0.1, -0.05) is 56.3 Å². The summed E-state index contributed by atoms with van der Waals surface area (Å²) in [6, 6.07) is 10.9. The van der Waals surface area contributed by atoms with E-state index in [2.05, 4.69) is 4.99 Å². The van der Waals surface area contributed by atoms with E-state index in [0.29, 0.717) is 11.1 Å². The van der Waals surface area contributed by atoms with Crippen molar-refractivity contribution in [3.8, 4) is 5.75 Å². The molecule has 2 aliphatic rings. The molecule has 3 amide bonds. The molecule has 0 aromatic heterocycles. The van der Waals surface area contributed by atoms with E-state index in [1.807, 2.05) is 0 Å². The largest absolute Gasteiger partial charge is 0.508 e. The monoisotopic (exact) mass is 589 g/mol. The number of carbonyl (C=O) groups is 3. The third-order valence-corrected chi connectivity index (χ3v) is 7.87. The predicted molar refractivity (Wildman–Crippen MR) is 146 cm³/mol. The maximum atomic E-state index is 16.4. The number of nitrogens with zero attached hydrogens (tertiary/aromatic N) is 2. The molecule has 224 valence electrons. The van der Waals surface area contributed by atoms with E-state index < -0.39 is 60.2 Å². The first-order valence-corrected chi connectivity index (χ1v) is 13.2. The highest BCUT2D eigenvalue weighted by molar-refractivity contribution is 6.14. The average Bonchev–Trinajstić information content (AvgIpc) is 3.75. The van der Waals surface area contributed by atoms with Crippen LogP contribution in [-0.4, -0.2) is 75.6 Å². The Balaban J connectivity index is 1.72. The molecular weight excluding hydrogens is 558 g/mol. The lowest BCUT2D eigenvalue weighted by molar-refractivity contribution is -0.149. The van der Waals surface area contributed by atoms with Gasteiger partial charge in [0.15, 0.2) is 11.8 Å². The molecule has 8 nitrogen and oxygen atoms in total. The molecule has 3 atom stereocenters. The van der Waals surface area contributed by atoms with Crippen molar-refractivity contribution in [2.24, 2.45) is 10.4 Å². The minimum atomic E-state index is -4.75. The van der Waals surface area contributed by atoms with Gasteiger partial charge < -0.3 is 20.4 Å². The Kier molecular flexibility index (Phi) is 8.32. The summed E-state index contributed by atoms with van der Waals surface area (Å²) in [6.07, 6.45) is -5.24. The van der Waals surface area contributed by atoms with E-state index in [4.69, 9.17) is 0 Å². The molecule has 0 spiro atoms. The molecule has 1 saturated heterocycles. The number of hydrogen-bond acceptors (Lipinski definition) is 5. The number of aliphatic imine (C=N–C) groups is 1. The molecular formula is C30H31F4N3O5. The molecule has 0 bridgehead atoms. The third-order valence-electron chi connectivity index (χ3n) is 7.87. The fraction of sp³-hybridized carbons (Fsp3) is 0.400. The number of rotatable bonds is 8. The van der Waals surface area contributed by atoms with Crippen molar-refractivity contribution in [1.29, 1.82) is 0 Å². The molecule has 2 aromatic carbocycles. The molecule has 3 N–H and O–H groups in total. The van der Waals surface area contributed by atoms with Crippen LogP contribution in [0.15, 0.2) is 65.2 Å². The Hall–Kier alpha value is -4.06. The maximum Gasteiger partial charge on any atom is 0.405 e. The van der Waals surface area contributed by atoms with Gasteiger partial charge in [-0.3, -0.25) is 14.4 Å². The van der Waals surface area contributed by atoms with E-state index in [1.165, 1.54) is 39.0 Å². The molecule has 42 heavy (non-hydrogen) atoms. The molecule has 0 radical (unpaired) electrons. The second-order valence-corrected chi connectivity index (χ2v) is 11.1. The van der Waals surface area contributed by atoms with Gasteiger partial charge in [0.1, 0.15) is 18.3 Å². The number of halogens is 4. The SMILES string of the molecule is Cc1c(O)cccc1C(=O)N=C(Cc1ccccc1)C(O)C(=O)N1CC(F)(C2=CC2)C(C)(C)[C@H]1C(=O)NCC(F)(F)F. The zero-order chi connectivity index (χ0) is 31.0. The summed E-state index contributed by atoms with van der Waals surface area (Å²) in [4.78, 5) is 44.8. The van der Waals surface area contributed by atoms with Crippen LogP contribution in [0.3, 0.4) is 0 Å². The fourth-order valence-electron chi connectivity index (χ4n) is 5.33. The number of aliphatic hydroxyl groups is 1. The summed E-state index contributed by atoms with van der Waals surface area (Å²) < 4.78 is 55.2. The molecule has 0 saturated carbocycles. The Morgan fingerprint density at radius 3 is 2.36 bits per heavy atom. The first-order chi connectivity index (χ1) is 19.6. The number of allylic oxidation sites excluding steroid dienone is 1. The number of phenolic OH excluding ortho intramolecular Hbond substituents is 1. The van der Waals surface area contributed by atoms with Gasteiger partial charge in [0.05, 0.1) is 12.3 Å². The molecule has 1 aliphatic heterocycles. The predicted octanol–water partition coefficient (Wildman–Crippen LogP) is 3.84. The third kappa shape index (κ3) is 6.08. The smallest absolute Gasteiger partial charge is 0.405 e. The summed E-state index contributed by atoms with van der Waals surface area (Å²) in [7, 11) is 0. The molecule has 2 aromatic rings. The molecule has 2 unspecified atom stereocenters. The molecule has 1 fully saturated rings. The Morgan fingerprint density at radius 2 is 1.76 bits per heavy atom. The van der Waals surface area contributed by atoms with Gasteiger partial charge in [-0.2, -0.15) is 13.2 Å². The van der Waals surface area contributed by atoms with Crippen molar-refractivity contribution in [3.63, 3.8) is 0 Å². The summed E-state index contributed by atoms with van der Waals surface area (Å²) in [6.45, 7) is 1.79. The van der Waals surface area contributed by atoms with Crippen molar-refractivity contribution in [2.45, 2.75) is 57.6 Å². The summed E-state index contributed by atoms with van der Waals surface area (Å²) in [5.74, 6) is -3.46. The van der Waals surface area contributed by atoms with Gasteiger partial charge in [-0.05, 0) is 36.6 Å². The first kappa shape index (κ1) is 30.9. The highest BCUT2D eigenvalue weighted by Gasteiger charge is 2.66. The summed E-state index contributed by atoms with van der Waals surface area (Å²) in [5, 5.41) is 23.1. The van der Waals surface area contributed by atoms with Crippen molar-refractivity contribution < 1.29 is 42.2 Å². The normalized spacial score (nSPS) is 22.4. The average molecular weight is 590 g/mol. The van der Waals surface area contributed by atoms with Gasteiger partial charge in [0, 0.05) is 23.0 Å². The van der Waals surface area contributed by atoms with Gasteiger partial charge in [0.25, 0.3) is 11.8 Å². The van der Waals surface area contributed by atoms with E-state index in [1.54, 1.807) is 41.7 Å². The minimum Gasteiger partial charge on any atom is -0.508 e. The Morgan fingerprint density at radius 1 is 1.12 bits per heavy atom. The van der Waals surface area contributed by atoms with Crippen molar-refractivity contribution in [3.05, 3.63) is 76.9 Å². The quantitative estimate of drug-likeness (QED) is 0.246. The van der Waals surface area contributed by atoms with E-state index in [0.717, 1.165) is 4.90 Å². The Labute approximate surface area is 239 Å². The molecule has 1 aliphatic carbocycles. The number of carbonyl (C=O) groups excluding carboxylic acids is 3. The lowest BCUT2D eigenvalue weighted by atomic mass is 9.72. The number of benzene rings is 2. The van der Waals surface area contributed by atoms with Crippen LogP contribution in [0.25, 0.3) is 0 Å². The number of alkyl halides is 4. The van der Waals surface area contributed by atoms with Crippen LogP contribution in [0.2, 0.25) is 0 Å². The summed E-state index contributed by atoms with van der Waals surface area (Å²) >= 11 is 0. The Bertz CT molecular complexity index is 1450. The number of likely N-dealkylation sites (tertiary alicyclic amines) is 1. The lowest BCUT2D eigenvalue weighted by Crippen LogP contribution is -2.56. The molecule has 12 heteroatoms. The van der Waals surface area contributed by atoms with Crippen LogP contribution < -0.4 is 5.32 Å². The second-order valence-electron chi connectivity index (χ2n) is 11.1. The van der Waals surface area contributed by atoms with Gasteiger partial charge in [-0.25, -0.2) is 9.38 Å². The van der Waals surface area contributed by atoms with E-state index in [-0.39, 0.29) is 35.4 Å². The number of hydrogen-bond donors (Lipinski definition) is 3. The van der Waals surface area contributed by atoms with Gasteiger partial charge in [0.2, 0.25) is 5.91 Å². The summed E-state index contributed by atoms with van der Waals surface area (Å²) in [5.41, 5.74) is -3.14. The number of aliphatic hydroxyl groups excluding tert-OH is 1. The van der Waals surface area contributed by atoms with E-state index in [9.17, 15) is 37.8 Å². The second kappa shape index (κ2) is 11.3. The lowest BCUT2D eigenvalue weighted by Gasteiger charge is -2.36. The van der Waals surface area contributed by atoms with Gasteiger partial charge >= 0.3 is 6.18 Å². The topological polar surface area (TPSA) is 119 Å². The van der Waals surface area contributed by atoms with E-state index >= 15 is 4.39 Å². The first-order valence-electron chi connectivity index (χ1n) is 13.2. The van der Waals surface area contributed by atoms with Crippen molar-refractivity contribution >= 4 is 23.4 Å². The molecule has 1 heterocycles. The highest BCUT2D eigenvalue weighted by atomic mass is 19.4. The number of nitrogens with one attached hydrogen (secondary N) is 1. The fourth-order valence-corrected chi connectivity index (χ4v) is 5.33. The number of phenols is 1. The zero-order valence-electron chi connectivity index (χ0n) is 23.2. The minimum absolute atomic E-state index is 0.00960.